The van der Waals surface area contributed by atoms with E-state index in [1.165, 1.54) is 18.3 Å². The van der Waals surface area contributed by atoms with Gasteiger partial charge in [0.05, 0.1) is 5.69 Å². The Hall–Kier alpha value is -1.88. The Bertz CT molecular complexity index is 522. The number of anilines is 1. The van der Waals surface area contributed by atoms with Crippen molar-refractivity contribution in [2.45, 2.75) is 6.92 Å². The fraction of sp³-hybridized carbons (Fsp3) is 0.0909. The van der Waals surface area contributed by atoms with Crippen LogP contribution in [-0.4, -0.2) is 16.0 Å². The van der Waals surface area contributed by atoms with Gasteiger partial charge in [-0.05, 0) is 12.1 Å². The van der Waals surface area contributed by atoms with Crippen molar-refractivity contribution >= 4 is 22.4 Å². The van der Waals surface area contributed by atoms with Gasteiger partial charge in [-0.2, -0.15) is 0 Å². The van der Waals surface area contributed by atoms with E-state index in [4.69, 9.17) is 0 Å². The second kappa shape index (κ2) is 4.32. The second-order valence-electron chi connectivity index (χ2n) is 3.24. The van der Waals surface area contributed by atoms with E-state index in [9.17, 15) is 9.90 Å². The van der Waals surface area contributed by atoms with Gasteiger partial charge in [-0.1, -0.05) is 12.1 Å². The molecule has 0 atom stereocenters. The molecule has 0 radical (unpaired) electrons. The van der Waals surface area contributed by atoms with E-state index in [1.54, 1.807) is 23.6 Å². The van der Waals surface area contributed by atoms with E-state index in [0.717, 1.165) is 0 Å². The van der Waals surface area contributed by atoms with E-state index in [2.05, 4.69) is 10.3 Å². The summed E-state index contributed by atoms with van der Waals surface area (Å²) in [6.07, 6.45) is 0. The minimum Gasteiger partial charge on any atom is -0.507 e. The first-order valence-corrected chi connectivity index (χ1v) is 5.56. The van der Waals surface area contributed by atoms with Crippen molar-refractivity contribution in [3.63, 3.8) is 0 Å². The topological polar surface area (TPSA) is 62.2 Å². The van der Waals surface area contributed by atoms with E-state index in [-0.39, 0.29) is 11.7 Å². The van der Waals surface area contributed by atoms with Crippen molar-refractivity contribution < 1.29 is 9.90 Å². The summed E-state index contributed by atoms with van der Waals surface area (Å²) in [7, 11) is 0. The van der Waals surface area contributed by atoms with Crippen LogP contribution in [0.25, 0.3) is 11.3 Å². The molecule has 1 aromatic carbocycles. The first-order valence-electron chi connectivity index (χ1n) is 4.68. The van der Waals surface area contributed by atoms with Gasteiger partial charge >= 0.3 is 0 Å². The van der Waals surface area contributed by atoms with Crippen LogP contribution in [0.5, 0.6) is 5.75 Å². The number of rotatable bonds is 2. The fourth-order valence-corrected chi connectivity index (χ4v) is 2.05. The molecular weight excluding hydrogens is 224 g/mol. The molecular formula is C11H10N2O2S. The van der Waals surface area contributed by atoms with Crippen molar-refractivity contribution in [1.29, 1.82) is 0 Å². The highest BCUT2D eigenvalue weighted by atomic mass is 32.1. The number of hydrogen-bond acceptors (Lipinski definition) is 4. The highest BCUT2D eigenvalue weighted by molar-refractivity contribution is 7.14. The average molecular weight is 234 g/mol. The minimum atomic E-state index is -0.154. The van der Waals surface area contributed by atoms with E-state index in [1.807, 2.05) is 6.07 Å². The second-order valence-corrected chi connectivity index (χ2v) is 4.09. The quantitative estimate of drug-likeness (QED) is 0.839. The molecule has 0 aliphatic rings. The maximum absolute atomic E-state index is 10.8. The number of amides is 1. The van der Waals surface area contributed by atoms with Crippen LogP contribution in [0, 0.1) is 0 Å². The molecule has 0 aliphatic heterocycles. The summed E-state index contributed by atoms with van der Waals surface area (Å²) in [4.78, 5) is 15.0. The maximum Gasteiger partial charge on any atom is 0.223 e. The molecule has 82 valence electrons. The Morgan fingerprint density at radius 3 is 2.88 bits per heavy atom. The molecule has 0 unspecified atom stereocenters. The lowest BCUT2D eigenvalue weighted by Crippen LogP contribution is -2.04. The number of nitrogens with zero attached hydrogens (tertiary/aromatic N) is 1. The Balaban J connectivity index is 2.32. The summed E-state index contributed by atoms with van der Waals surface area (Å²) in [5.74, 6) is 0.0281. The number of hydrogen-bond donors (Lipinski definition) is 2. The molecule has 16 heavy (non-hydrogen) atoms. The lowest BCUT2D eigenvalue weighted by molar-refractivity contribution is -0.114. The summed E-state index contributed by atoms with van der Waals surface area (Å²) in [5, 5.41) is 14.6. The van der Waals surface area contributed by atoms with Crippen LogP contribution in [0.4, 0.5) is 5.13 Å². The van der Waals surface area contributed by atoms with Crippen LogP contribution in [-0.2, 0) is 4.79 Å². The summed E-state index contributed by atoms with van der Waals surface area (Å²) in [6, 6.07) is 6.96. The monoisotopic (exact) mass is 234 g/mol. The van der Waals surface area contributed by atoms with Gasteiger partial charge in [0.2, 0.25) is 5.91 Å². The average Bonchev–Trinajstić information content (AvgIpc) is 2.66. The summed E-state index contributed by atoms with van der Waals surface area (Å²) in [5.41, 5.74) is 1.32. The molecule has 0 fully saturated rings. The number of aromatic nitrogens is 1. The minimum absolute atomic E-state index is 0.154. The smallest absolute Gasteiger partial charge is 0.223 e. The molecule has 0 saturated carbocycles. The maximum atomic E-state index is 10.8. The molecule has 0 saturated heterocycles. The fourth-order valence-electron chi connectivity index (χ4n) is 1.30. The van der Waals surface area contributed by atoms with Crippen molar-refractivity contribution in [3.8, 4) is 17.0 Å². The molecule has 1 amide bonds. The van der Waals surface area contributed by atoms with E-state index in [0.29, 0.717) is 16.4 Å². The Morgan fingerprint density at radius 1 is 1.44 bits per heavy atom. The third-order valence-corrected chi connectivity index (χ3v) is 2.72. The Kier molecular flexibility index (Phi) is 2.87. The number of phenolic OH excluding ortho intramolecular Hbond substituents is 1. The molecule has 0 bridgehead atoms. The van der Waals surface area contributed by atoms with Gasteiger partial charge in [0.25, 0.3) is 0 Å². The number of benzene rings is 1. The van der Waals surface area contributed by atoms with E-state index >= 15 is 0 Å². The highest BCUT2D eigenvalue weighted by Crippen LogP contribution is 2.30. The number of thiazole rings is 1. The third kappa shape index (κ3) is 2.20. The van der Waals surface area contributed by atoms with Gasteiger partial charge in [-0.25, -0.2) is 4.98 Å². The first kappa shape index (κ1) is 10.6. The number of carbonyl (C=O) groups is 1. The van der Waals surface area contributed by atoms with Crippen LogP contribution in [0.2, 0.25) is 0 Å². The van der Waals surface area contributed by atoms with Gasteiger partial charge in [0, 0.05) is 17.9 Å². The number of nitrogens with one attached hydrogen (secondary N) is 1. The highest BCUT2D eigenvalue weighted by Gasteiger charge is 2.08. The number of aromatic hydroxyl groups is 1. The van der Waals surface area contributed by atoms with Crippen LogP contribution in [0.1, 0.15) is 6.92 Å². The first-order chi connectivity index (χ1) is 7.66. The van der Waals surface area contributed by atoms with Gasteiger partial charge in [0.15, 0.2) is 5.13 Å². The number of phenols is 1. The standard InChI is InChI=1S/C11H10N2O2S/c1-7(14)12-11-13-9(6-16-11)8-4-2-3-5-10(8)15/h2-6,15H,1H3,(H,12,13,14). The predicted molar refractivity (Wildman–Crippen MR) is 63.5 cm³/mol. The van der Waals surface area contributed by atoms with Gasteiger partial charge in [0.1, 0.15) is 5.75 Å². The summed E-state index contributed by atoms with van der Waals surface area (Å²) in [6.45, 7) is 1.43. The van der Waals surface area contributed by atoms with Crippen molar-refractivity contribution in [2.24, 2.45) is 0 Å². The zero-order valence-electron chi connectivity index (χ0n) is 8.60. The normalized spacial score (nSPS) is 10.1. The Labute approximate surface area is 96.6 Å². The molecule has 2 rings (SSSR count). The zero-order chi connectivity index (χ0) is 11.5. The van der Waals surface area contributed by atoms with Crippen LogP contribution < -0.4 is 5.32 Å². The largest absolute Gasteiger partial charge is 0.507 e. The molecule has 2 aromatic rings. The summed E-state index contributed by atoms with van der Waals surface area (Å²) >= 11 is 1.33. The van der Waals surface area contributed by atoms with Crippen molar-refractivity contribution in [3.05, 3.63) is 29.6 Å². The lowest BCUT2D eigenvalue weighted by Gasteiger charge is -1.99. The molecule has 5 heteroatoms. The van der Waals surface area contributed by atoms with Gasteiger partial charge in [-0.3, -0.25) is 4.79 Å². The molecule has 0 spiro atoms. The third-order valence-electron chi connectivity index (χ3n) is 1.97. The van der Waals surface area contributed by atoms with Crippen molar-refractivity contribution in [1.82, 2.24) is 4.98 Å². The molecule has 1 heterocycles. The van der Waals surface area contributed by atoms with Crippen LogP contribution >= 0.6 is 11.3 Å². The number of para-hydroxylation sites is 1. The van der Waals surface area contributed by atoms with Crippen LogP contribution in [0.15, 0.2) is 29.6 Å². The van der Waals surface area contributed by atoms with Crippen LogP contribution in [0.3, 0.4) is 0 Å². The Morgan fingerprint density at radius 2 is 2.19 bits per heavy atom. The van der Waals surface area contributed by atoms with Crippen molar-refractivity contribution in [2.75, 3.05) is 5.32 Å². The van der Waals surface area contributed by atoms with E-state index < -0.39 is 0 Å². The van der Waals surface area contributed by atoms with Gasteiger partial charge in [-0.15, -0.1) is 11.3 Å². The lowest BCUT2D eigenvalue weighted by atomic mass is 10.1. The predicted octanol–water partition coefficient (Wildman–Crippen LogP) is 2.47. The zero-order valence-corrected chi connectivity index (χ0v) is 9.41. The number of carbonyl (C=O) groups excluding carboxylic acids is 1. The van der Waals surface area contributed by atoms with Gasteiger partial charge < -0.3 is 10.4 Å². The SMILES string of the molecule is CC(=O)Nc1nc(-c2ccccc2O)cs1. The molecule has 4 nitrogen and oxygen atoms in total. The summed E-state index contributed by atoms with van der Waals surface area (Å²) < 4.78 is 0. The molecule has 1 aromatic heterocycles. The molecule has 0 aliphatic carbocycles. The molecule has 2 N–H and O–H groups in total.